The molecule has 2 unspecified atom stereocenters. The molecule has 0 N–H and O–H groups in total. The van der Waals surface area contributed by atoms with E-state index in [0.717, 1.165) is 25.7 Å². The lowest BCUT2D eigenvalue weighted by atomic mass is 10.0. The van der Waals surface area contributed by atoms with Gasteiger partial charge in [-0.1, -0.05) is 0 Å². The number of hydrogen-bond donors (Lipinski definition) is 0. The van der Waals surface area contributed by atoms with E-state index < -0.39 is 15.8 Å². The summed E-state index contributed by atoms with van der Waals surface area (Å²) in [5.74, 6) is -0.500. The molecule has 1 aromatic carbocycles. The standard InChI is InChI=1S/C16H20N2O5S/c1-17-14-9-13(5-6-15(14)23-16(17)19)24(20,21)18-10-3-4-11(18)8-12(7-10)22-2/h5-6,9-12H,3-4,7-8H2,1-2H3. The summed E-state index contributed by atoms with van der Waals surface area (Å²) in [4.78, 5) is 11.8. The third-order valence-corrected chi connectivity index (χ3v) is 7.30. The van der Waals surface area contributed by atoms with Crippen LogP contribution >= 0.6 is 0 Å². The van der Waals surface area contributed by atoms with Crippen molar-refractivity contribution < 1.29 is 17.6 Å². The molecule has 1 aromatic heterocycles. The van der Waals surface area contributed by atoms with Crippen LogP contribution in [0.25, 0.3) is 11.1 Å². The molecular formula is C16H20N2O5S. The third kappa shape index (κ3) is 2.24. The van der Waals surface area contributed by atoms with Crippen LogP contribution in [-0.2, 0) is 21.8 Å². The Labute approximate surface area is 139 Å². The maximum absolute atomic E-state index is 13.2. The van der Waals surface area contributed by atoms with Crippen LogP contribution in [0.4, 0.5) is 0 Å². The Morgan fingerprint density at radius 2 is 1.88 bits per heavy atom. The quantitative estimate of drug-likeness (QED) is 0.835. The lowest BCUT2D eigenvalue weighted by Crippen LogP contribution is -2.48. The molecule has 2 aliphatic heterocycles. The lowest BCUT2D eigenvalue weighted by Gasteiger charge is -2.37. The van der Waals surface area contributed by atoms with Crippen molar-refractivity contribution in [3.8, 4) is 0 Å². The van der Waals surface area contributed by atoms with Gasteiger partial charge in [0.25, 0.3) is 0 Å². The minimum absolute atomic E-state index is 0.0115. The van der Waals surface area contributed by atoms with Crippen molar-refractivity contribution in [3.63, 3.8) is 0 Å². The van der Waals surface area contributed by atoms with Crippen LogP contribution in [0.15, 0.2) is 32.3 Å². The highest BCUT2D eigenvalue weighted by Crippen LogP contribution is 2.40. The van der Waals surface area contributed by atoms with Crippen LogP contribution in [0, 0.1) is 0 Å². The summed E-state index contributed by atoms with van der Waals surface area (Å²) in [5.41, 5.74) is 0.878. The summed E-state index contributed by atoms with van der Waals surface area (Å²) in [7, 11) is -0.358. The Balaban J connectivity index is 1.76. The van der Waals surface area contributed by atoms with Gasteiger partial charge in [-0.15, -0.1) is 0 Å². The molecule has 24 heavy (non-hydrogen) atoms. The lowest BCUT2D eigenvalue weighted by molar-refractivity contribution is 0.0349. The van der Waals surface area contributed by atoms with E-state index >= 15 is 0 Å². The molecule has 2 atom stereocenters. The SMILES string of the molecule is COC1CC2CCC(C1)N2S(=O)(=O)c1ccc2oc(=O)n(C)c2c1. The Hall–Kier alpha value is -1.64. The second-order valence-electron chi connectivity index (χ2n) is 6.61. The summed E-state index contributed by atoms with van der Waals surface area (Å²) in [6, 6.07) is 4.57. The Morgan fingerprint density at radius 3 is 2.50 bits per heavy atom. The van der Waals surface area contributed by atoms with E-state index in [1.165, 1.54) is 16.7 Å². The number of methoxy groups -OCH3 is 1. The molecule has 0 saturated carbocycles. The topological polar surface area (TPSA) is 81.8 Å². The minimum atomic E-state index is -3.61. The molecule has 2 fully saturated rings. The first-order valence-electron chi connectivity index (χ1n) is 8.07. The van der Waals surface area contributed by atoms with Crippen molar-refractivity contribution in [2.24, 2.45) is 7.05 Å². The Kier molecular flexibility index (Phi) is 3.59. The van der Waals surface area contributed by atoms with Gasteiger partial charge in [0.15, 0.2) is 5.58 Å². The van der Waals surface area contributed by atoms with Crippen LogP contribution in [0.2, 0.25) is 0 Å². The number of hydrogen-bond acceptors (Lipinski definition) is 5. The normalized spacial score (nSPS) is 27.8. The maximum Gasteiger partial charge on any atom is 0.419 e. The zero-order chi connectivity index (χ0) is 17.1. The summed E-state index contributed by atoms with van der Waals surface area (Å²) >= 11 is 0. The van der Waals surface area contributed by atoms with E-state index in [0.29, 0.717) is 11.1 Å². The van der Waals surface area contributed by atoms with Crippen LogP contribution in [-0.4, -0.2) is 42.6 Å². The molecule has 0 radical (unpaired) electrons. The van der Waals surface area contributed by atoms with Crippen molar-refractivity contribution in [3.05, 3.63) is 28.7 Å². The number of aryl methyl sites for hydroxylation is 1. The monoisotopic (exact) mass is 352 g/mol. The van der Waals surface area contributed by atoms with Crippen LogP contribution in [0.1, 0.15) is 25.7 Å². The van der Waals surface area contributed by atoms with Crippen molar-refractivity contribution in [1.82, 2.24) is 8.87 Å². The fourth-order valence-electron chi connectivity index (χ4n) is 4.06. The highest BCUT2D eigenvalue weighted by atomic mass is 32.2. The number of aromatic nitrogens is 1. The number of rotatable bonds is 3. The summed E-state index contributed by atoms with van der Waals surface area (Å²) in [5, 5.41) is 0. The minimum Gasteiger partial charge on any atom is -0.408 e. The van der Waals surface area contributed by atoms with E-state index in [-0.39, 0.29) is 23.1 Å². The Morgan fingerprint density at radius 1 is 1.21 bits per heavy atom. The van der Waals surface area contributed by atoms with Crippen molar-refractivity contribution in [1.29, 1.82) is 0 Å². The van der Waals surface area contributed by atoms with E-state index in [1.807, 2.05) is 0 Å². The van der Waals surface area contributed by atoms with E-state index in [2.05, 4.69) is 0 Å². The molecular weight excluding hydrogens is 332 g/mol. The summed E-state index contributed by atoms with van der Waals surface area (Å²) in [6.07, 6.45) is 3.34. The van der Waals surface area contributed by atoms with Gasteiger partial charge in [0, 0.05) is 26.2 Å². The van der Waals surface area contributed by atoms with Gasteiger partial charge in [-0.2, -0.15) is 4.31 Å². The number of fused-ring (bicyclic) bond motifs is 3. The van der Waals surface area contributed by atoms with E-state index in [4.69, 9.17) is 9.15 Å². The van der Waals surface area contributed by atoms with Crippen molar-refractivity contribution >= 4 is 21.1 Å². The molecule has 2 saturated heterocycles. The average Bonchev–Trinajstić information content (AvgIpc) is 3.01. The molecule has 0 spiro atoms. The molecule has 0 aliphatic carbocycles. The van der Waals surface area contributed by atoms with Gasteiger partial charge < -0.3 is 9.15 Å². The highest BCUT2D eigenvalue weighted by molar-refractivity contribution is 7.89. The van der Waals surface area contributed by atoms with Crippen molar-refractivity contribution in [2.75, 3.05) is 7.11 Å². The molecule has 0 amide bonds. The van der Waals surface area contributed by atoms with Gasteiger partial charge >= 0.3 is 5.76 Å². The van der Waals surface area contributed by atoms with Crippen LogP contribution in [0.5, 0.6) is 0 Å². The molecule has 130 valence electrons. The van der Waals surface area contributed by atoms with Gasteiger partial charge in [-0.05, 0) is 43.9 Å². The second kappa shape index (κ2) is 5.44. The van der Waals surface area contributed by atoms with E-state index in [9.17, 15) is 13.2 Å². The zero-order valence-electron chi connectivity index (χ0n) is 13.6. The third-order valence-electron chi connectivity index (χ3n) is 5.29. The van der Waals surface area contributed by atoms with Crippen LogP contribution < -0.4 is 5.76 Å². The number of piperidine rings is 1. The fraction of sp³-hybridized carbons (Fsp3) is 0.562. The van der Waals surface area contributed by atoms with Crippen molar-refractivity contribution in [2.45, 2.75) is 48.8 Å². The molecule has 2 aliphatic rings. The van der Waals surface area contributed by atoms with Gasteiger partial charge in [-0.25, -0.2) is 13.2 Å². The van der Waals surface area contributed by atoms with Gasteiger partial charge in [0.2, 0.25) is 10.0 Å². The number of nitrogens with zero attached hydrogens (tertiary/aromatic N) is 2. The number of benzene rings is 1. The van der Waals surface area contributed by atoms with Gasteiger partial charge in [-0.3, -0.25) is 4.57 Å². The molecule has 3 heterocycles. The zero-order valence-corrected chi connectivity index (χ0v) is 14.5. The number of sulfonamides is 1. The second-order valence-corrected chi connectivity index (χ2v) is 8.45. The van der Waals surface area contributed by atoms with Gasteiger partial charge in [0.1, 0.15) is 0 Å². The summed E-state index contributed by atoms with van der Waals surface area (Å²) in [6.45, 7) is 0. The average molecular weight is 352 g/mol. The number of oxazole rings is 1. The first-order chi connectivity index (χ1) is 11.4. The highest BCUT2D eigenvalue weighted by Gasteiger charge is 2.47. The fourth-order valence-corrected chi connectivity index (χ4v) is 5.97. The molecule has 2 aromatic rings. The molecule has 2 bridgehead atoms. The molecule has 4 rings (SSSR count). The van der Waals surface area contributed by atoms with Crippen LogP contribution in [0.3, 0.4) is 0 Å². The smallest absolute Gasteiger partial charge is 0.408 e. The maximum atomic E-state index is 13.2. The van der Waals surface area contributed by atoms with Gasteiger partial charge in [0.05, 0.1) is 16.5 Å². The predicted octanol–water partition coefficient (Wildman–Crippen LogP) is 1.46. The predicted molar refractivity (Wildman–Crippen MR) is 87.3 cm³/mol. The first-order valence-corrected chi connectivity index (χ1v) is 9.51. The largest absolute Gasteiger partial charge is 0.419 e. The number of ether oxygens (including phenoxy) is 1. The van der Waals surface area contributed by atoms with E-state index in [1.54, 1.807) is 24.5 Å². The molecule has 8 heteroatoms. The Bertz CT molecular complexity index is 931. The first kappa shape index (κ1) is 15.9. The summed E-state index contributed by atoms with van der Waals surface area (Å²) < 4.78 is 39.8. The molecule has 7 nitrogen and oxygen atoms in total.